The molecule has 1 aliphatic heterocycles. The van der Waals surface area contributed by atoms with Crippen LogP contribution < -0.4 is 4.74 Å². The van der Waals surface area contributed by atoms with Gasteiger partial charge in [0.1, 0.15) is 16.7 Å². The molecule has 0 aliphatic carbocycles. The molecular formula is C24H32N2O4S. The van der Waals surface area contributed by atoms with Crippen molar-refractivity contribution in [2.24, 2.45) is 5.92 Å². The molecule has 0 fully saturated rings. The van der Waals surface area contributed by atoms with E-state index in [1.165, 1.54) is 4.31 Å². The number of likely N-dealkylation sites (N-methyl/N-ethyl adjacent to an activating group) is 1. The van der Waals surface area contributed by atoms with Gasteiger partial charge in [-0.25, -0.2) is 8.42 Å². The summed E-state index contributed by atoms with van der Waals surface area (Å²) in [5.41, 5.74) is 1.92. The zero-order chi connectivity index (χ0) is 22.6. The highest BCUT2D eigenvalue weighted by Crippen LogP contribution is 2.34. The van der Waals surface area contributed by atoms with E-state index in [9.17, 15) is 13.5 Å². The predicted octanol–water partition coefficient (Wildman–Crippen LogP) is 3.19. The molecule has 7 heteroatoms. The van der Waals surface area contributed by atoms with E-state index < -0.39 is 16.1 Å². The summed E-state index contributed by atoms with van der Waals surface area (Å²) in [6, 6.07) is 14.6. The lowest BCUT2D eigenvalue weighted by molar-refractivity contribution is 0.0812. The molecule has 0 amide bonds. The molecule has 3 atom stereocenters. The van der Waals surface area contributed by atoms with Crippen LogP contribution >= 0.6 is 0 Å². The first-order valence-corrected chi connectivity index (χ1v) is 12.0. The zero-order valence-electron chi connectivity index (χ0n) is 18.6. The van der Waals surface area contributed by atoms with E-state index in [4.69, 9.17) is 4.74 Å². The SMILES string of the molecule is C[C@H]1CN([C@@H](C)CO)S(=O)(=O)c2ccc(/C=C/c3ccccc3)cc2O[C@@H]1CN(C)C. The van der Waals surface area contributed by atoms with E-state index in [2.05, 4.69) is 0 Å². The predicted molar refractivity (Wildman–Crippen MR) is 124 cm³/mol. The molecule has 0 aromatic heterocycles. The summed E-state index contributed by atoms with van der Waals surface area (Å²) >= 11 is 0. The molecule has 0 radical (unpaired) electrons. The van der Waals surface area contributed by atoms with Crippen LogP contribution in [0.25, 0.3) is 12.2 Å². The van der Waals surface area contributed by atoms with Crippen LogP contribution in [0.4, 0.5) is 0 Å². The summed E-state index contributed by atoms with van der Waals surface area (Å²) in [6.45, 7) is 4.43. The van der Waals surface area contributed by atoms with Crippen LogP contribution in [0.5, 0.6) is 5.75 Å². The molecule has 0 spiro atoms. The molecule has 1 aliphatic rings. The highest BCUT2D eigenvalue weighted by Gasteiger charge is 2.37. The van der Waals surface area contributed by atoms with Crippen LogP contribution in [0, 0.1) is 5.92 Å². The summed E-state index contributed by atoms with van der Waals surface area (Å²) in [5.74, 6) is 0.298. The highest BCUT2D eigenvalue weighted by atomic mass is 32.2. The topological polar surface area (TPSA) is 70.1 Å². The monoisotopic (exact) mass is 444 g/mol. The van der Waals surface area contributed by atoms with E-state index >= 15 is 0 Å². The summed E-state index contributed by atoms with van der Waals surface area (Å²) in [7, 11) is 0.132. The lowest BCUT2D eigenvalue weighted by atomic mass is 10.0. The Hall–Kier alpha value is -2.19. The second-order valence-corrected chi connectivity index (χ2v) is 10.3. The van der Waals surface area contributed by atoms with Crippen molar-refractivity contribution in [1.82, 2.24) is 9.21 Å². The average molecular weight is 445 g/mol. The number of aliphatic hydroxyl groups excluding tert-OH is 1. The molecule has 31 heavy (non-hydrogen) atoms. The van der Waals surface area contributed by atoms with Gasteiger partial charge in [0.2, 0.25) is 10.0 Å². The van der Waals surface area contributed by atoms with Gasteiger partial charge in [0, 0.05) is 25.0 Å². The van der Waals surface area contributed by atoms with Gasteiger partial charge in [-0.15, -0.1) is 0 Å². The first-order valence-electron chi connectivity index (χ1n) is 10.5. The number of rotatable bonds is 6. The molecular weight excluding hydrogens is 412 g/mol. The van der Waals surface area contributed by atoms with Crippen molar-refractivity contribution in [3.8, 4) is 5.75 Å². The minimum atomic E-state index is -3.81. The molecule has 1 heterocycles. The largest absolute Gasteiger partial charge is 0.487 e. The number of hydrogen-bond donors (Lipinski definition) is 1. The Kier molecular flexibility index (Phi) is 7.54. The van der Waals surface area contributed by atoms with Crippen LogP contribution in [0.15, 0.2) is 53.4 Å². The van der Waals surface area contributed by atoms with Gasteiger partial charge in [-0.3, -0.25) is 0 Å². The van der Waals surface area contributed by atoms with Crippen molar-refractivity contribution in [2.45, 2.75) is 30.9 Å². The van der Waals surface area contributed by atoms with Gasteiger partial charge in [-0.2, -0.15) is 4.31 Å². The second-order valence-electron chi connectivity index (χ2n) is 8.45. The number of sulfonamides is 1. The molecule has 3 rings (SSSR count). The summed E-state index contributed by atoms with van der Waals surface area (Å²) in [6.07, 6.45) is 3.74. The van der Waals surface area contributed by atoms with Gasteiger partial charge in [-0.05, 0) is 44.3 Å². The van der Waals surface area contributed by atoms with E-state index in [0.717, 1.165) is 11.1 Å². The van der Waals surface area contributed by atoms with Crippen molar-refractivity contribution in [2.75, 3.05) is 33.8 Å². The van der Waals surface area contributed by atoms with Gasteiger partial charge in [0.05, 0.1) is 6.61 Å². The third kappa shape index (κ3) is 5.54. The summed E-state index contributed by atoms with van der Waals surface area (Å²) in [4.78, 5) is 2.18. The lowest BCUT2D eigenvalue weighted by Gasteiger charge is -2.37. The maximum Gasteiger partial charge on any atom is 0.247 e. The number of fused-ring (bicyclic) bond motifs is 1. The van der Waals surface area contributed by atoms with Crippen LogP contribution in [0.2, 0.25) is 0 Å². The van der Waals surface area contributed by atoms with Crippen molar-refractivity contribution in [3.05, 3.63) is 59.7 Å². The third-order valence-corrected chi connectivity index (χ3v) is 7.52. The maximum absolute atomic E-state index is 13.4. The van der Waals surface area contributed by atoms with Gasteiger partial charge in [0.15, 0.2) is 0 Å². The van der Waals surface area contributed by atoms with Gasteiger partial charge in [0.25, 0.3) is 0 Å². The quantitative estimate of drug-likeness (QED) is 0.693. The second kappa shape index (κ2) is 9.96. The van der Waals surface area contributed by atoms with Crippen LogP contribution in [0.1, 0.15) is 25.0 Å². The minimum absolute atomic E-state index is 0.0529. The Balaban J connectivity index is 2.05. The van der Waals surface area contributed by atoms with Crippen molar-refractivity contribution < 1.29 is 18.3 Å². The fourth-order valence-electron chi connectivity index (χ4n) is 3.68. The standard InChI is InChI=1S/C24H32N2O4S/c1-18-15-26(19(2)17-27)31(28,29)24-13-12-21(11-10-20-8-6-5-7-9-20)14-22(24)30-23(18)16-25(3)4/h5-14,18-19,23,27H,15-17H2,1-4H3/b11-10+/t18-,19-,23+/m0/s1. The van der Waals surface area contributed by atoms with E-state index in [0.29, 0.717) is 12.3 Å². The maximum atomic E-state index is 13.4. The number of benzene rings is 2. The number of ether oxygens (including phenoxy) is 1. The number of nitrogens with zero attached hydrogens (tertiary/aromatic N) is 2. The Morgan fingerprint density at radius 3 is 2.48 bits per heavy atom. The normalized spacial score (nSPS) is 22.5. The molecule has 2 aromatic carbocycles. The fourth-order valence-corrected chi connectivity index (χ4v) is 5.51. The summed E-state index contributed by atoms with van der Waals surface area (Å²) < 4.78 is 34.6. The Bertz CT molecular complexity index is 1010. The first-order chi connectivity index (χ1) is 14.7. The van der Waals surface area contributed by atoms with Crippen molar-refractivity contribution in [3.63, 3.8) is 0 Å². The van der Waals surface area contributed by atoms with E-state index in [-0.39, 0.29) is 30.1 Å². The fraction of sp³-hybridized carbons (Fsp3) is 0.417. The zero-order valence-corrected chi connectivity index (χ0v) is 19.4. The molecule has 0 bridgehead atoms. The molecule has 1 N–H and O–H groups in total. The molecule has 6 nitrogen and oxygen atoms in total. The molecule has 0 saturated heterocycles. The number of aliphatic hydroxyl groups is 1. The van der Waals surface area contributed by atoms with E-state index in [1.807, 2.05) is 68.4 Å². The molecule has 0 saturated carbocycles. The molecule has 2 aromatic rings. The van der Waals surface area contributed by atoms with Gasteiger partial charge >= 0.3 is 0 Å². The summed E-state index contributed by atoms with van der Waals surface area (Å²) in [5, 5.41) is 9.69. The smallest absolute Gasteiger partial charge is 0.247 e. The van der Waals surface area contributed by atoms with E-state index in [1.54, 1.807) is 25.1 Å². The van der Waals surface area contributed by atoms with Gasteiger partial charge < -0.3 is 14.7 Å². The number of hydrogen-bond acceptors (Lipinski definition) is 5. The Morgan fingerprint density at radius 2 is 1.84 bits per heavy atom. The highest BCUT2D eigenvalue weighted by molar-refractivity contribution is 7.89. The first kappa shape index (κ1) is 23.5. The third-order valence-electron chi connectivity index (χ3n) is 5.50. The van der Waals surface area contributed by atoms with Crippen LogP contribution in [-0.2, 0) is 10.0 Å². The lowest BCUT2D eigenvalue weighted by Crippen LogP contribution is -2.49. The minimum Gasteiger partial charge on any atom is -0.487 e. The van der Waals surface area contributed by atoms with Crippen LogP contribution in [-0.4, -0.2) is 68.7 Å². The average Bonchev–Trinajstić information content (AvgIpc) is 2.74. The van der Waals surface area contributed by atoms with Crippen molar-refractivity contribution >= 4 is 22.2 Å². The Labute approximate surface area is 185 Å². The Morgan fingerprint density at radius 1 is 1.16 bits per heavy atom. The molecule has 0 unspecified atom stereocenters. The van der Waals surface area contributed by atoms with Gasteiger partial charge in [-0.1, -0.05) is 55.5 Å². The van der Waals surface area contributed by atoms with Crippen LogP contribution in [0.3, 0.4) is 0 Å². The molecule has 168 valence electrons. The van der Waals surface area contributed by atoms with Crippen molar-refractivity contribution in [1.29, 1.82) is 0 Å².